The molecule has 102 valence electrons. The van der Waals surface area contributed by atoms with Gasteiger partial charge in [0.1, 0.15) is 0 Å². The SMILES string of the molecule is CCN(C)c1noc(C(C)C(O)c2ccccc2)n1. The molecular weight excluding hydrogens is 242 g/mol. The third-order valence-electron chi connectivity index (χ3n) is 3.25. The van der Waals surface area contributed by atoms with Gasteiger partial charge in [-0.05, 0) is 17.6 Å². The van der Waals surface area contributed by atoms with Crippen LogP contribution in [0.1, 0.15) is 37.3 Å². The minimum atomic E-state index is -0.651. The van der Waals surface area contributed by atoms with E-state index < -0.39 is 6.10 Å². The third-order valence-corrected chi connectivity index (χ3v) is 3.25. The minimum Gasteiger partial charge on any atom is -0.388 e. The molecule has 2 unspecified atom stereocenters. The Morgan fingerprint density at radius 1 is 1.32 bits per heavy atom. The maximum absolute atomic E-state index is 10.3. The average Bonchev–Trinajstić information content (AvgIpc) is 2.95. The number of hydrogen-bond acceptors (Lipinski definition) is 5. The predicted molar refractivity (Wildman–Crippen MR) is 73.1 cm³/mol. The molecule has 5 heteroatoms. The van der Waals surface area contributed by atoms with Crippen LogP contribution in [0.3, 0.4) is 0 Å². The van der Waals surface area contributed by atoms with Crippen molar-refractivity contribution in [2.45, 2.75) is 25.9 Å². The summed E-state index contributed by atoms with van der Waals surface area (Å²) in [5.74, 6) is 0.755. The summed E-state index contributed by atoms with van der Waals surface area (Å²) in [5, 5.41) is 14.2. The summed E-state index contributed by atoms with van der Waals surface area (Å²) in [5.41, 5.74) is 0.846. The van der Waals surface area contributed by atoms with Crippen LogP contribution in [0.25, 0.3) is 0 Å². The molecule has 5 nitrogen and oxygen atoms in total. The number of hydrogen-bond donors (Lipinski definition) is 1. The highest BCUT2D eigenvalue weighted by Crippen LogP contribution is 2.29. The van der Waals surface area contributed by atoms with E-state index in [4.69, 9.17) is 4.52 Å². The molecular formula is C14H19N3O2. The Labute approximate surface area is 112 Å². The fourth-order valence-corrected chi connectivity index (χ4v) is 1.78. The second-order valence-corrected chi connectivity index (χ2v) is 4.59. The molecule has 19 heavy (non-hydrogen) atoms. The molecule has 1 aromatic heterocycles. The number of aliphatic hydroxyl groups is 1. The van der Waals surface area contributed by atoms with E-state index in [-0.39, 0.29) is 5.92 Å². The van der Waals surface area contributed by atoms with Gasteiger partial charge in [0.25, 0.3) is 5.95 Å². The number of aromatic nitrogens is 2. The Morgan fingerprint density at radius 2 is 2.00 bits per heavy atom. The smallest absolute Gasteiger partial charge is 0.265 e. The highest BCUT2D eigenvalue weighted by atomic mass is 16.5. The number of benzene rings is 1. The van der Waals surface area contributed by atoms with Gasteiger partial charge in [-0.1, -0.05) is 37.3 Å². The lowest BCUT2D eigenvalue weighted by molar-refractivity contribution is 0.135. The standard InChI is InChI=1S/C14H19N3O2/c1-4-17(3)14-15-13(19-16-14)10(2)12(18)11-8-6-5-7-9-11/h5-10,12,18H,4H2,1-3H3. The van der Waals surface area contributed by atoms with Crippen molar-refractivity contribution in [1.29, 1.82) is 0 Å². The first-order valence-corrected chi connectivity index (χ1v) is 6.41. The Hall–Kier alpha value is -1.88. The highest BCUT2D eigenvalue weighted by molar-refractivity contribution is 5.27. The van der Waals surface area contributed by atoms with Crippen molar-refractivity contribution in [3.8, 4) is 0 Å². The first-order chi connectivity index (χ1) is 9.13. The molecule has 2 aromatic rings. The maximum Gasteiger partial charge on any atom is 0.265 e. The third kappa shape index (κ3) is 2.93. The molecule has 1 heterocycles. The van der Waals surface area contributed by atoms with Gasteiger partial charge in [0.2, 0.25) is 5.89 Å². The van der Waals surface area contributed by atoms with E-state index in [2.05, 4.69) is 10.1 Å². The maximum atomic E-state index is 10.3. The largest absolute Gasteiger partial charge is 0.388 e. The Balaban J connectivity index is 2.15. The fourth-order valence-electron chi connectivity index (χ4n) is 1.78. The molecule has 0 saturated carbocycles. The van der Waals surface area contributed by atoms with E-state index in [1.165, 1.54) is 0 Å². The lowest BCUT2D eigenvalue weighted by Gasteiger charge is -2.15. The summed E-state index contributed by atoms with van der Waals surface area (Å²) in [6.07, 6.45) is -0.651. The summed E-state index contributed by atoms with van der Waals surface area (Å²) in [7, 11) is 1.90. The van der Waals surface area contributed by atoms with Gasteiger partial charge in [-0.15, -0.1) is 0 Å². The van der Waals surface area contributed by atoms with Crippen LogP contribution in [0.2, 0.25) is 0 Å². The number of anilines is 1. The Bertz CT molecular complexity index is 512. The van der Waals surface area contributed by atoms with Crippen molar-refractivity contribution in [2.75, 3.05) is 18.5 Å². The summed E-state index contributed by atoms with van der Waals surface area (Å²) in [6, 6.07) is 9.49. The van der Waals surface area contributed by atoms with Gasteiger partial charge in [0, 0.05) is 13.6 Å². The molecule has 0 amide bonds. The number of aliphatic hydroxyl groups excluding tert-OH is 1. The predicted octanol–water partition coefficient (Wildman–Crippen LogP) is 2.36. The van der Waals surface area contributed by atoms with Crippen molar-refractivity contribution in [2.24, 2.45) is 0 Å². The van der Waals surface area contributed by atoms with E-state index in [1.807, 2.05) is 56.1 Å². The second-order valence-electron chi connectivity index (χ2n) is 4.59. The summed E-state index contributed by atoms with van der Waals surface area (Å²) < 4.78 is 5.23. The summed E-state index contributed by atoms with van der Waals surface area (Å²) in [6.45, 7) is 4.69. The van der Waals surface area contributed by atoms with Gasteiger partial charge >= 0.3 is 0 Å². The summed E-state index contributed by atoms with van der Waals surface area (Å²) in [4.78, 5) is 6.20. The van der Waals surface area contributed by atoms with Crippen LogP contribution in [0.15, 0.2) is 34.9 Å². The molecule has 0 fully saturated rings. The van der Waals surface area contributed by atoms with Crippen molar-refractivity contribution in [3.63, 3.8) is 0 Å². The van der Waals surface area contributed by atoms with Gasteiger partial charge < -0.3 is 14.5 Å². The highest BCUT2D eigenvalue weighted by Gasteiger charge is 2.24. The quantitative estimate of drug-likeness (QED) is 0.895. The van der Waals surface area contributed by atoms with E-state index in [1.54, 1.807) is 0 Å². The van der Waals surface area contributed by atoms with Crippen LogP contribution in [-0.2, 0) is 0 Å². The molecule has 0 aliphatic rings. The molecule has 0 saturated heterocycles. The molecule has 0 aliphatic carbocycles. The topological polar surface area (TPSA) is 62.4 Å². The van der Waals surface area contributed by atoms with Crippen LogP contribution >= 0.6 is 0 Å². The molecule has 2 rings (SSSR count). The van der Waals surface area contributed by atoms with Gasteiger partial charge in [0.15, 0.2) is 0 Å². The normalized spacial score (nSPS) is 14.1. The van der Waals surface area contributed by atoms with Gasteiger partial charge in [-0.3, -0.25) is 0 Å². The second kappa shape index (κ2) is 5.84. The minimum absolute atomic E-state index is 0.242. The first kappa shape index (κ1) is 13.5. The molecule has 2 atom stereocenters. The van der Waals surface area contributed by atoms with Crippen LogP contribution < -0.4 is 4.90 Å². The van der Waals surface area contributed by atoms with E-state index in [0.717, 1.165) is 12.1 Å². The van der Waals surface area contributed by atoms with Crippen LogP contribution in [-0.4, -0.2) is 28.8 Å². The van der Waals surface area contributed by atoms with E-state index >= 15 is 0 Å². The van der Waals surface area contributed by atoms with E-state index in [9.17, 15) is 5.11 Å². The van der Waals surface area contributed by atoms with Gasteiger partial charge in [0.05, 0.1) is 12.0 Å². The van der Waals surface area contributed by atoms with Gasteiger partial charge in [-0.25, -0.2) is 0 Å². The zero-order valence-electron chi connectivity index (χ0n) is 11.4. The van der Waals surface area contributed by atoms with Crippen LogP contribution in [0, 0.1) is 0 Å². The molecule has 0 spiro atoms. The Morgan fingerprint density at radius 3 is 2.63 bits per heavy atom. The number of nitrogens with zero attached hydrogens (tertiary/aromatic N) is 3. The van der Waals surface area contributed by atoms with Crippen molar-refractivity contribution < 1.29 is 9.63 Å². The molecule has 1 aromatic carbocycles. The Kier molecular flexibility index (Phi) is 4.16. The number of rotatable bonds is 5. The van der Waals surface area contributed by atoms with Crippen molar-refractivity contribution >= 4 is 5.95 Å². The van der Waals surface area contributed by atoms with Gasteiger partial charge in [-0.2, -0.15) is 4.98 Å². The molecule has 0 radical (unpaired) electrons. The van der Waals surface area contributed by atoms with Crippen LogP contribution in [0.5, 0.6) is 0 Å². The molecule has 0 bridgehead atoms. The van der Waals surface area contributed by atoms with Crippen LogP contribution in [0.4, 0.5) is 5.95 Å². The zero-order valence-corrected chi connectivity index (χ0v) is 11.4. The molecule has 1 N–H and O–H groups in total. The van der Waals surface area contributed by atoms with Crippen molar-refractivity contribution in [1.82, 2.24) is 10.1 Å². The monoisotopic (exact) mass is 261 g/mol. The average molecular weight is 261 g/mol. The first-order valence-electron chi connectivity index (χ1n) is 6.41. The lowest BCUT2D eigenvalue weighted by atomic mass is 9.97. The summed E-state index contributed by atoms with van der Waals surface area (Å²) >= 11 is 0. The fraction of sp³-hybridized carbons (Fsp3) is 0.429. The molecule has 0 aliphatic heterocycles. The lowest BCUT2D eigenvalue weighted by Crippen LogP contribution is -2.17. The van der Waals surface area contributed by atoms with E-state index in [0.29, 0.717) is 11.8 Å². The van der Waals surface area contributed by atoms with Crippen molar-refractivity contribution in [3.05, 3.63) is 41.8 Å². The zero-order chi connectivity index (χ0) is 13.8.